The second-order valence-electron chi connectivity index (χ2n) is 6.03. The number of carbonyl (C=O) groups excluding carboxylic acids is 1. The first-order chi connectivity index (χ1) is 14.6. The Labute approximate surface area is 173 Å². The Morgan fingerprint density at radius 1 is 0.933 bits per heavy atom. The molecule has 3 rings (SSSR count). The van der Waals surface area contributed by atoms with Gasteiger partial charge in [-0.15, -0.1) is 0 Å². The van der Waals surface area contributed by atoms with Gasteiger partial charge in [-0.25, -0.2) is 5.48 Å². The van der Waals surface area contributed by atoms with Crippen molar-refractivity contribution < 1.29 is 23.8 Å². The van der Waals surface area contributed by atoms with E-state index in [1.807, 2.05) is 0 Å². The molecule has 4 N–H and O–H groups in total. The fourth-order valence-electron chi connectivity index (χ4n) is 2.68. The lowest BCUT2D eigenvalue weighted by atomic mass is 10.1. The molecule has 1 amide bonds. The molecule has 2 aromatic carbocycles. The number of rotatable bonds is 8. The van der Waals surface area contributed by atoms with E-state index in [2.05, 4.69) is 15.8 Å². The number of hydrogen-bond donors (Lipinski definition) is 3. The second kappa shape index (κ2) is 9.37. The molecular formula is C21H22N4O5. The van der Waals surface area contributed by atoms with Gasteiger partial charge in [0.15, 0.2) is 17.2 Å². The molecule has 1 heterocycles. The molecule has 0 aliphatic rings. The number of anilines is 3. The van der Waals surface area contributed by atoms with Crippen molar-refractivity contribution in [3.8, 4) is 23.0 Å². The quantitative estimate of drug-likeness (QED) is 0.484. The van der Waals surface area contributed by atoms with Crippen LogP contribution < -0.4 is 35.6 Å². The van der Waals surface area contributed by atoms with Gasteiger partial charge in [-0.1, -0.05) is 12.1 Å². The average molecular weight is 410 g/mol. The number of nitrogens with two attached hydrogens (primary N) is 1. The van der Waals surface area contributed by atoms with Gasteiger partial charge >= 0.3 is 0 Å². The van der Waals surface area contributed by atoms with Gasteiger partial charge in [-0.05, 0) is 24.3 Å². The van der Waals surface area contributed by atoms with Crippen LogP contribution in [0.2, 0.25) is 0 Å². The molecule has 0 atom stereocenters. The van der Waals surface area contributed by atoms with Crippen LogP contribution >= 0.6 is 0 Å². The smallest absolute Gasteiger partial charge is 0.256 e. The number of benzene rings is 2. The summed E-state index contributed by atoms with van der Waals surface area (Å²) < 4.78 is 15.9. The average Bonchev–Trinajstić information content (AvgIpc) is 2.78. The van der Waals surface area contributed by atoms with E-state index in [1.165, 1.54) is 27.5 Å². The van der Waals surface area contributed by atoms with Crippen molar-refractivity contribution >= 4 is 23.0 Å². The van der Waals surface area contributed by atoms with Gasteiger partial charge in [0, 0.05) is 17.8 Å². The number of nitrogens with zero attached hydrogens (tertiary/aromatic N) is 1. The van der Waals surface area contributed by atoms with E-state index in [0.29, 0.717) is 45.6 Å². The van der Waals surface area contributed by atoms with E-state index in [1.54, 1.807) is 48.7 Å². The molecule has 0 fully saturated rings. The summed E-state index contributed by atoms with van der Waals surface area (Å²) in [5, 5.41) is 2.84. The van der Waals surface area contributed by atoms with Crippen LogP contribution in [0, 0.1) is 0 Å². The lowest BCUT2D eigenvalue weighted by Crippen LogP contribution is -2.15. The maximum absolute atomic E-state index is 12.9. The fraction of sp³-hybridized carbons (Fsp3) is 0.143. The minimum absolute atomic E-state index is 0.332. The van der Waals surface area contributed by atoms with Crippen molar-refractivity contribution in [3.63, 3.8) is 0 Å². The fourth-order valence-corrected chi connectivity index (χ4v) is 2.68. The Hall–Kier alpha value is -4.14. The third kappa shape index (κ3) is 4.46. The van der Waals surface area contributed by atoms with Crippen LogP contribution in [0.3, 0.4) is 0 Å². The largest absolute Gasteiger partial charge is 0.493 e. The molecule has 0 bridgehead atoms. The van der Waals surface area contributed by atoms with Crippen molar-refractivity contribution in [2.24, 2.45) is 0 Å². The van der Waals surface area contributed by atoms with Gasteiger partial charge in [0.25, 0.3) is 5.91 Å². The Bertz CT molecular complexity index is 1020. The van der Waals surface area contributed by atoms with Crippen LogP contribution in [0.15, 0.2) is 54.9 Å². The van der Waals surface area contributed by atoms with Crippen molar-refractivity contribution in [1.29, 1.82) is 0 Å². The Morgan fingerprint density at radius 2 is 1.60 bits per heavy atom. The summed E-state index contributed by atoms with van der Waals surface area (Å²) in [6, 6.07) is 11.8. The first kappa shape index (κ1) is 20.6. The molecule has 0 aliphatic heterocycles. The molecule has 1 aromatic heterocycles. The standard InChI is InChI=1S/C21H22N4O5/c1-27-18-10-13(11-19(28-2)20(18)29-3)21(26)24-15-6-4-5-7-16(15)25-30-17-8-9-23-12-14(17)22/h4-12,25H,22H2,1-3H3,(H,24,26). The number of nitrogens with one attached hydrogen (secondary N) is 2. The van der Waals surface area contributed by atoms with Crippen LogP contribution in [0.5, 0.6) is 23.0 Å². The lowest BCUT2D eigenvalue weighted by Gasteiger charge is -2.16. The summed E-state index contributed by atoms with van der Waals surface area (Å²) >= 11 is 0. The summed E-state index contributed by atoms with van der Waals surface area (Å²) in [4.78, 5) is 22.3. The van der Waals surface area contributed by atoms with Crippen molar-refractivity contribution in [3.05, 3.63) is 60.4 Å². The van der Waals surface area contributed by atoms with Crippen LogP contribution in [-0.4, -0.2) is 32.2 Å². The van der Waals surface area contributed by atoms with Crippen LogP contribution in [-0.2, 0) is 0 Å². The highest BCUT2D eigenvalue weighted by Crippen LogP contribution is 2.38. The zero-order chi connectivity index (χ0) is 21.5. The van der Waals surface area contributed by atoms with Crippen LogP contribution in [0.4, 0.5) is 17.1 Å². The predicted molar refractivity (Wildman–Crippen MR) is 113 cm³/mol. The van der Waals surface area contributed by atoms with Crippen molar-refractivity contribution in [2.45, 2.75) is 0 Å². The van der Waals surface area contributed by atoms with E-state index in [4.69, 9.17) is 24.8 Å². The number of para-hydroxylation sites is 2. The molecule has 0 unspecified atom stereocenters. The Morgan fingerprint density at radius 3 is 2.20 bits per heavy atom. The highest BCUT2D eigenvalue weighted by molar-refractivity contribution is 6.06. The highest BCUT2D eigenvalue weighted by atomic mass is 16.6. The number of methoxy groups -OCH3 is 3. The van der Waals surface area contributed by atoms with Gasteiger partial charge in [0.05, 0.1) is 44.6 Å². The molecule has 9 heteroatoms. The first-order valence-electron chi connectivity index (χ1n) is 8.90. The van der Waals surface area contributed by atoms with Crippen molar-refractivity contribution in [1.82, 2.24) is 4.98 Å². The molecule has 0 aliphatic carbocycles. The van der Waals surface area contributed by atoms with E-state index in [0.717, 1.165) is 0 Å². The third-order valence-electron chi connectivity index (χ3n) is 4.18. The van der Waals surface area contributed by atoms with Gasteiger partial charge in [-0.3, -0.25) is 9.78 Å². The second-order valence-corrected chi connectivity index (χ2v) is 6.03. The van der Waals surface area contributed by atoms with Gasteiger partial charge in [0.2, 0.25) is 5.75 Å². The molecule has 0 spiro atoms. The maximum Gasteiger partial charge on any atom is 0.256 e. The monoisotopic (exact) mass is 410 g/mol. The summed E-state index contributed by atoms with van der Waals surface area (Å²) in [5.41, 5.74) is 10.4. The molecule has 156 valence electrons. The Balaban J connectivity index is 1.82. The SMILES string of the molecule is COc1cc(C(=O)Nc2ccccc2NOc2ccncc2N)cc(OC)c1OC. The molecular weight excluding hydrogens is 388 g/mol. The zero-order valence-corrected chi connectivity index (χ0v) is 16.8. The lowest BCUT2D eigenvalue weighted by molar-refractivity contribution is 0.102. The number of carbonyl (C=O) groups is 1. The maximum atomic E-state index is 12.9. The van der Waals surface area contributed by atoms with Gasteiger partial charge in [-0.2, -0.15) is 0 Å². The third-order valence-corrected chi connectivity index (χ3v) is 4.18. The summed E-state index contributed by atoms with van der Waals surface area (Å²) in [7, 11) is 4.47. The summed E-state index contributed by atoms with van der Waals surface area (Å²) in [5.74, 6) is 1.21. The molecule has 9 nitrogen and oxygen atoms in total. The van der Waals surface area contributed by atoms with Crippen LogP contribution in [0.1, 0.15) is 10.4 Å². The number of ether oxygens (including phenoxy) is 3. The van der Waals surface area contributed by atoms with Gasteiger partial charge in [0.1, 0.15) is 0 Å². The zero-order valence-electron chi connectivity index (χ0n) is 16.8. The number of aromatic nitrogens is 1. The number of amides is 1. The minimum Gasteiger partial charge on any atom is -0.493 e. The Kier molecular flexibility index (Phi) is 6.43. The van der Waals surface area contributed by atoms with E-state index < -0.39 is 0 Å². The number of hydrogen-bond acceptors (Lipinski definition) is 8. The molecule has 0 radical (unpaired) electrons. The predicted octanol–water partition coefficient (Wildman–Crippen LogP) is 3.35. The van der Waals surface area contributed by atoms with E-state index in [9.17, 15) is 4.79 Å². The van der Waals surface area contributed by atoms with E-state index in [-0.39, 0.29) is 5.91 Å². The number of nitrogen functional groups attached to an aromatic ring is 1. The number of pyridine rings is 1. The highest BCUT2D eigenvalue weighted by Gasteiger charge is 2.18. The normalized spacial score (nSPS) is 10.1. The first-order valence-corrected chi connectivity index (χ1v) is 8.90. The molecule has 0 saturated heterocycles. The van der Waals surface area contributed by atoms with Crippen molar-refractivity contribution in [2.75, 3.05) is 37.9 Å². The summed E-state index contributed by atoms with van der Waals surface area (Å²) in [6.07, 6.45) is 3.04. The van der Waals surface area contributed by atoms with E-state index >= 15 is 0 Å². The van der Waals surface area contributed by atoms with Crippen LogP contribution in [0.25, 0.3) is 0 Å². The minimum atomic E-state index is -0.369. The molecule has 0 saturated carbocycles. The topological polar surface area (TPSA) is 117 Å². The molecule has 3 aromatic rings. The summed E-state index contributed by atoms with van der Waals surface area (Å²) in [6.45, 7) is 0. The molecule has 30 heavy (non-hydrogen) atoms. The van der Waals surface area contributed by atoms with Gasteiger partial charge < -0.3 is 30.1 Å².